The average molecular weight is 734 g/mol. The van der Waals surface area contributed by atoms with E-state index in [1.807, 2.05) is 78.7 Å². The van der Waals surface area contributed by atoms with Crippen LogP contribution in [0.2, 0.25) is 0 Å². The summed E-state index contributed by atoms with van der Waals surface area (Å²) in [6, 6.07) is 6.30. The lowest BCUT2D eigenvalue weighted by Gasteiger charge is -2.38. The molecule has 52 heavy (non-hydrogen) atoms. The molecule has 296 valence electrons. The van der Waals surface area contributed by atoms with Gasteiger partial charge in [0.1, 0.15) is 12.1 Å². The van der Waals surface area contributed by atoms with E-state index in [2.05, 4.69) is 10.6 Å². The van der Waals surface area contributed by atoms with Crippen molar-refractivity contribution in [2.24, 2.45) is 17.8 Å². The smallest absolute Gasteiger partial charge is 0.326 e. The predicted octanol–water partition coefficient (Wildman–Crippen LogP) is 3.45. The standard InChI is InChI=1S/C39H67N5O8/c1-13-18-30(43(10)38(48)34(25(3)4)41-37(47)35(26(5)6)42(8)9)31(51-11)23-33(45)44(21-14-2)24-32(52-12)27(7)36(46)40-29(39(49)50)22-28-19-16-15-17-20-28/h15-17,19-20,25-27,29-32,34-35H,13-14,18,21-24H2,1-12H3,(H,40,46)(H,41,47)(H,49,50)/t27?,29-,30?,31?,32?,34?,35?/m0/s1. The van der Waals surface area contributed by atoms with Gasteiger partial charge in [-0.1, -0.05) is 85.2 Å². The molecule has 1 aromatic carbocycles. The minimum atomic E-state index is -1.15. The van der Waals surface area contributed by atoms with E-state index in [0.717, 1.165) is 12.0 Å². The van der Waals surface area contributed by atoms with Gasteiger partial charge in [-0.2, -0.15) is 0 Å². The average Bonchev–Trinajstić information content (AvgIpc) is 3.09. The monoisotopic (exact) mass is 733 g/mol. The Hall–Kier alpha value is -3.55. The Morgan fingerprint density at radius 1 is 0.808 bits per heavy atom. The Morgan fingerprint density at radius 2 is 1.40 bits per heavy atom. The molecule has 0 spiro atoms. The second-order valence-corrected chi connectivity index (χ2v) is 14.7. The van der Waals surface area contributed by atoms with Crippen LogP contribution in [0.5, 0.6) is 0 Å². The normalized spacial score (nSPS) is 15.7. The van der Waals surface area contributed by atoms with E-state index in [9.17, 15) is 29.1 Å². The van der Waals surface area contributed by atoms with E-state index >= 15 is 0 Å². The van der Waals surface area contributed by atoms with Crippen LogP contribution in [0.1, 0.15) is 79.7 Å². The second kappa shape index (κ2) is 23.2. The number of methoxy groups -OCH3 is 2. The number of benzene rings is 1. The molecule has 0 bridgehead atoms. The summed E-state index contributed by atoms with van der Waals surface area (Å²) in [6.45, 7) is 13.8. The molecule has 3 N–H and O–H groups in total. The third-order valence-corrected chi connectivity index (χ3v) is 9.64. The number of rotatable bonds is 24. The highest BCUT2D eigenvalue weighted by Crippen LogP contribution is 2.21. The number of carbonyl (C=O) groups is 5. The summed E-state index contributed by atoms with van der Waals surface area (Å²) in [5, 5.41) is 15.5. The van der Waals surface area contributed by atoms with Crippen LogP contribution in [0, 0.1) is 17.8 Å². The quantitative estimate of drug-likeness (QED) is 0.145. The van der Waals surface area contributed by atoms with Crippen LogP contribution in [0.3, 0.4) is 0 Å². The van der Waals surface area contributed by atoms with Crippen LogP contribution >= 0.6 is 0 Å². The maximum absolute atomic E-state index is 14.0. The number of nitrogens with zero attached hydrogens (tertiary/aromatic N) is 3. The van der Waals surface area contributed by atoms with Gasteiger partial charge < -0.3 is 35.0 Å². The van der Waals surface area contributed by atoms with Crippen LogP contribution in [-0.4, -0.2) is 134 Å². The third kappa shape index (κ3) is 14.1. The maximum Gasteiger partial charge on any atom is 0.326 e. The first-order valence-corrected chi connectivity index (χ1v) is 18.6. The van der Waals surface area contributed by atoms with Crippen LogP contribution in [0.4, 0.5) is 0 Å². The number of carboxylic acid groups (broad SMARTS) is 1. The van der Waals surface area contributed by atoms with Gasteiger partial charge in [0, 0.05) is 40.8 Å². The Kier molecular flexibility index (Phi) is 20.7. The van der Waals surface area contributed by atoms with Gasteiger partial charge in [-0.3, -0.25) is 24.1 Å². The molecule has 0 aromatic heterocycles. The summed E-state index contributed by atoms with van der Waals surface area (Å²) >= 11 is 0. The summed E-state index contributed by atoms with van der Waals surface area (Å²) in [5.41, 5.74) is 0.779. The van der Waals surface area contributed by atoms with Gasteiger partial charge >= 0.3 is 5.97 Å². The first kappa shape index (κ1) is 46.5. The number of amides is 4. The number of carboxylic acids is 1. The highest BCUT2D eigenvalue weighted by atomic mass is 16.5. The van der Waals surface area contributed by atoms with Gasteiger partial charge in [0.25, 0.3) is 0 Å². The van der Waals surface area contributed by atoms with Gasteiger partial charge in [-0.25, -0.2) is 4.79 Å². The fourth-order valence-electron chi connectivity index (χ4n) is 6.63. The van der Waals surface area contributed by atoms with Gasteiger partial charge in [-0.15, -0.1) is 0 Å². The van der Waals surface area contributed by atoms with E-state index in [0.29, 0.717) is 19.4 Å². The van der Waals surface area contributed by atoms with E-state index in [-0.39, 0.29) is 48.9 Å². The van der Waals surface area contributed by atoms with Gasteiger partial charge in [0.05, 0.1) is 36.6 Å². The van der Waals surface area contributed by atoms with Crippen molar-refractivity contribution >= 4 is 29.6 Å². The first-order valence-electron chi connectivity index (χ1n) is 18.6. The van der Waals surface area contributed by atoms with Crippen LogP contribution < -0.4 is 10.6 Å². The minimum Gasteiger partial charge on any atom is -0.480 e. The molecule has 6 unspecified atom stereocenters. The SMILES string of the molecule is CCCC(C(CC(=O)N(CCC)CC(OC)C(C)C(=O)N[C@@H](Cc1ccccc1)C(=O)O)OC)N(C)C(=O)C(NC(=O)C(C(C)C)N(C)C)C(C)C. The number of nitrogens with one attached hydrogen (secondary N) is 2. The lowest BCUT2D eigenvalue weighted by atomic mass is 9.96. The van der Waals surface area contributed by atoms with Gasteiger partial charge in [-0.05, 0) is 44.3 Å². The number of carbonyl (C=O) groups excluding carboxylic acids is 4. The number of ether oxygens (including phenoxy) is 2. The van der Waals surface area contributed by atoms with Gasteiger partial charge in [0.15, 0.2) is 0 Å². The van der Waals surface area contributed by atoms with E-state index in [1.165, 1.54) is 14.2 Å². The molecule has 7 atom stereocenters. The minimum absolute atomic E-state index is 0.0251. The van der Waals surface area contributed by atoms with Crippen molar-refractivity contribution in [2.75, 3.05) is 48.5 Å². The first-order chi connectivity index (χ1) is 24.4. The van der Waals surface area contributed by atoms with E-state index in [1.54, 1.807) is 35.9 Å². The highest BCUT2D eigenvalue weighted by Gasteiger charge is 2.38. The van der Waals surface area contributed by atoms with E-state index in [4.69, 9.17) is 9.47 Å². The highest BCUT2D eigenvalue weighted by molar-refractivity contribution is 5.90. The largest absolute Gasteiger partial charge is 0.480 e. The molecule has 0 aliphatic heterocycles. The molecule has 0 fully saturated rings. The molecule has 0 heterocycles. The van der Waals surface area contributed by atoms with E-state index < -0.39 is 54.2 Å². The van der Waals surface area contributed by atoms with Crippen molar-refractivity contribution in [1.82, 2.24) is 25.3 Å². The molecule has 13 heteroatoms. The van der Waals surface area contributed by atoms with Crippen LogP contribution in [0.25, 0.3) is 0 Å². The molecular weight excluding hydrogens is 666 g/mol. The molecule has 13 nitrogen and oxygen atoms in total. The van der Waals surface area contributed by atoms with Gasteiger partial charge in [0.2, 0.25) is 23.6 Å². The number of hydrogen-bond donors (Lipinski definition) is 3. The zero-order valence-electron chi connectivity index (χ0n) is 33.7. The number of aliphatic carboxylic acids is 1. The Bertz CT molecular complexity index is 1250. The maximum atomic E-state index is 14.0. The van der Waals surface area contributed by atoms with Crippen LogP contribution in [-0.2, 0) is 39.9 Å². The lowest BCUT2D eigenvalue weighted by Crippen LogP contribution is -2.58. The fraction of sp³-hybridized carbons (Fsp3) is 0.718. The van der Waals surface area contributed by atoms with Crippen molar-refractivity contribution in [3.8, 4) is 0 Å². The molecule has 1 aromatic rings. The molecule has 0 saturated carbocycles. The molecule has 1 rings (SSSR count). The topological polar surface area (TPSA) is 158 Å². The second-order valence-electron chi connectivity index (χ2n) is 14.7. The Morgan fingerprint density at radius 3 is 1.87 bits per heavy atom. The molecule has 0 aliphatic carbocycles. The summed E-state index contributed by atoms with van der Waals surface area (Å²) in [5.74, 6) is -3.25. The predicted molar refractivity (Wildman–Crippen MR) is 203 cm³/mol. The molecule has 4 amide bonds. The summed E-state index contributed by atoms with van der Waals surface area (Å²) in [4.78, 5) is 71.8. The summed E-state index contributed by atoms with van der Waals surface area (Å²) < 4.78 is 11.6. The zero-order valence-corrected chi connectivity index (χ0v) is 33.7. The zero-order chi connectivity index (χ0) is 39.7. The lowest BCUT2D eigenvalue weighted by molar-refractivity contribution is -0.146. The number of likely N-dealkylation sites (N-methyl/N-ethyl adjacent to an activating group) is 2. The molecule has 0 aliphatic rings. The number of hydrogen-bond acceptors (Lipinski definition) is 8. The van der Waals surface area contributed by atoms with Crippen molar-refractivity contribution in [1.29, 1.82) is 0 Å². The molecular formula is C39H67N5O8. The van der Waals surface area contributed by atoms with Crippen molar-refractivity contribution in [3.05, 3.63) is 35.9 Å². The molecule has 0 radical (unpaired) electrons. The summed E-state index contributed by atoms with van der Waals surface area (Å²) in [7, 11) is 8.36. The third-order valence-electron chi connectivity index (χ3n) is 9.64. The van der Waals surface area contributed by atoms with Crippen LogP contribution in [0.15, 0.2) is 30.3 Å². The van der Waals surface area contributed by atoms with Crippen molar-refractivity contribution in [3.63, 3.8) is 0 Å². The fourth-order valence-corrected chi connectivity index (χ4v) is 6.63. The Labute approximate surface area is 312 Å². The Balaban J connectivity index is 3.18. The summed E-state index contributed by atoms with van der Waals surface area (Å²) in [6.07, 6.45) is 0.677. The van der Waals surface area contributed by atoms with Crippen molar-refractivity contribution in [2.45, 2.75) is 117 Å². The molecule has 0 saturated heterocycles. The van der Waals surface area contributed by atoms with Crippen molar-refractivity contribution < 1.29 is 38.6 Å².